The van der Waals surface area contributed by atoms with Crippen LogP contribution in [0.1, 0.15) is 38.5 Å². The molecule has 1 fully saturated rings. The van der Waals surface area contributed by atoms with Crippen LogP contribution in [-0.2, 0) is 14.4 Å². The van der Waals surface area contributed by atoms with Crippen molar-refractivity contribution in [3.63, 3.8) is 0 Å². The summed E-state index contributed by atoms with van der Waals surface area (Å²) < 4.78 is 0. The van der Waals surface area contributed by atoms with Gasteiger partial charge in [-0.25, -0.2) is 4.79 Å². The molecule has 0 heterocycles. The smallest absolute Gasteiger partial charge is 0.326 e. The van der Waals surface area contributed by atoms with Crippen molar-refractivity contribution in [1.29, 1.82) is 0 Å². The fourth-order valence-electron chi connectivity index (χ4n) is 2.47. The van der Waals surface area contributed by atoms with Crippen molar-refractivity contribution < 1.29 is 19.5 Å². The summed E-state index contributed by atoms with van der Waals surface area (Å²) in [7, 11) is 0. The van der Waals surface area contributed by atoms with Crippen molar-refractivity contribution in [3.8, 4) is 0 Å². The van der Waals surface area contributed by atoms with Crippen molar-refractivity contribution in [2.24, 2.45) is 16.9 Å². The number of carbonyl (C=O) groups is 3. The van der Waals surface area contributed by atoms with E-state index in [1.165, 1.54) is 0 Å². The Kier molecular flexibility index (Phi) is 5.29. The van der Waals surface area contributed by atoms with Gasteiger partial charge in [0.2, 0.25) is 11.8 Å². The lowest BCUT2D eigenvalue weighted by Crippen LogP contribution is -2.53. The van der Waals surface area contributed by atoms with Crippen LogP contribution in [0.25, 0.3) is 0 Å². The van der Waals surface area contributed by atoms with E-state index in [1.807, 2.05) is 0 Å². The maximum Gasteiger partial charge on any atom is 0.326 e. The van der Waals surface area contributed by atoms with Gasteiger partial charge in [0.25, 0.3) is 0 Å². The molecule has 108 valence electrons. The number of carboxylic acids is 1. The van der Waals surface area contributed by atoms with Crippen molar-refractivity contribution in [2.75, 3.05) is 6.54 Å². The fraction of sp³-hybridized carbons (Fsp3) is 0.750. The number of carboxylic acid groups (broad SMARTS) is 1. The second-order valence-corrected chi connectivity index (χ2v) is 5.08. The van der Waals surface area contributed by atoms with Gasteiger partial charge >= 0.3 is 5.97 Å². The molecule has 1 atom stereocenters. The average molecular weight is 271 g/mol. The molecule has 1 aliphatic carbocycles. The molecule has 0 saturated heterocycles. The quantitative estimate of drug-likeness (QED) is 0.508. The number of hydrogen-bond acceptors (Lipinski definition) is 4. The van der Waals surface area contributed by atoms with E-state index in [9.17, 15) is 14.4 Å². The largest absolute Gasteiger partial charge is 0.480 e. The van der Waals surface area contributed by atoms with E-state index >= 15 is 0 Å². The van der Waals surface area contributed by atoms with E-state index in [2.05, 4.69) is 5.32 Å². The van der Waals surface area contributed by atoms with Crippen molar-refractivity contribution in [1.82, 2.24) is 5.32 Å². The van der Waals surface area contributed by atoms with Crippen molar-refractivity contribution in [2.45, 2.75) is 44.6 Å². The molecule has 0 radical (unpaired) electrons. The van der Waals surface area contributed by atoms with Crippen LogP contribution in [-0.4, -0.2) is 35.5 Å². The lowest BCUT2D eigenvalue weighted by Gasteiger charge is -2.35. The minimum absolute atomic E-state index is 0.182. The van der Waals surface area contributed by atoms with Crippen LogP contribution in [0.4, 0.5) is 0 Å². The highest BCUT2D eigenvalue weighted by Crippen LogP contribution is 2.35. The molecule has 0 spiro atoms. The number of carbonyl (C=O) groups excluding carboxylic acids is 2. The van der Waals surface area contributed by atoms with Crippen LogP contribution in [0.3, 0.4) is 0 Å². The highest BCUT2D eigenvalue weighted by Gasteiger charge is 2.39. The van der Waals surface area contributed by atoms with Gasteiger partial charge < -0.3 is 21.9 Å². The molecule has 6 N–H and O–H groups in total. The van der Waals surface area contributed by atoms with Gasteiger partial charge in [-0.1, -0.05) is 19.3 Å². The molecule has 1 rings (SSSR count). The molecule has 0 aromatic heterocycles. The molecule has 0 bridgehead atoms. The van der Waals surface area contributed by atoms with Crippen LogP contribution < -0.4 is 16.8 Å². The fourth-order valence-corrected chi connectivity index (χ4v) is 2.47. The van der Waals surface area contributed by atoms with Crippen LogP contribution in [0.5, 0.6) is 0 Å². The molecule has 19 heavy (non-hydrogen) atoms. The Morgan fingerprint density at radius 2 is 1.79 bits per heavy atom. The van der Waals surface area contributed by atoms with Gasteiger partial charge in [-0.15, -0.1) is 0 Å². The zero-order valence-electron chi connectivity index (χ0n) is 10.9. The van der Waals surface area contributed by atoms with Gasteiger partial charge in [-0.2, -0.15) is 0 Å². The Balaban J connectivity index is 2.74. The summed E-state index contributed by atoms with van der Waals surface area (Å²) in [4.78, 5) is 34.0. The molecule has 1 unspecified atom stereocenters. The number of amides is 2. The van der Waals surface area contributed by atoms with Crippen molar-refractivity contribution in [3.05, 3.63) is 0 Å². The van der Waals surface area contributed by atoms with Gasteiger partial charge in [0, 0.05) is 6.54 Å². The first-order valence-corrected chi connectivity index (χ1v) is 6.43. The number of nitrogens with two attached hydrogens (primary N) is 2. The van der Waals surface area contributed by atoms with Gasteiger partial charge in [-0.3, -0.25) is 9.59 Å². The van der Waals surface area contributed by atoms with Crippen LogP contribution in [0, 0.1) is 5.41 Å². The van der Waals surface area contributed by atoms with E-state index in [0.717, 1.165) is 19.3 Å². The lowest BCUT2D eigenvalue weighted by atomic mass is 9.73. The molecule has 0 aromatic carbocycles. The molecule has 7 nitrogen and oxygen atoms in total. The number of aliphatic carboxylic acids is 1. The first-order valence-electron chi connectivity index (χ1n) is 6.43. The van der Waals surface area contributed by atoms with Gasteiger partial charge in [0.05, 0.1) is 11.8 Å². The molecule has 2 amide bonds. The lowest BCUT2D eigenvalue weighted by molar-refractivity contribution is -0.145. The summed E-state index contributed by atoms with van der Waals surface area (Å²) in [6.45, 7) is 0.182. The number of rotatable bonds is 6. The molecule has 7 heteroatoms. The van der Waals surface area contributed by atoms with Crippen LogP contribution in [0.15, 0.2) is 0 Å². The number of nitrogens with one attached hydrogen (secondary N) is 1. The third-order valence-corrected chi connectivity index (χ3v) is 3.69. The summed E-state index contributed by atoms with van der Waals surface area (Å²) in [5.41, 5.74) is 9.96. The zero-order valence-corrected chi connectivity index (χ0v) is 10.9. The summed E-state index contributed by atoms with van der Waals surface area (Å²) in [5, 5.41) is 11.4. The topological polar surface area (TPSA) is 136 Å². The van der Waals surface area contributed by atoms with Gasteiger partial charge in [-0.05, 0) is 12.8 Å². The Bertz CT molecular complexity index is 364. The van der Waals surface area contributed by atoms with E-state index in [-0.39, 0.29) is 12.5 Å². The van der Waals surface area contributed by atoms with Crippen LogP contribution >= 0.6 is 0 Å². The maximum atomic E-state index is 12.2. The Morgan fingerprint density at radius 1 is 1.21 bits per heavy atom. The molecular formula is C12H21N3O4. The third kappa shape index (κ3) is 3.92. The molecule has 1 aliphatic rings. The predicted molar refractivity (Wildman–Crippen MR) is 68.0 cm³/mol. The van der Waals surface area contributed by atoms with Gasteiger partial charge in [0.1, 0.15) is 6.04 Å². The van der Waals surface area contributed by atoms with E-state index in [0.29, 0.717) is 12.8 Å². The van der Waals surface area contributed by atoms with Crippen LogP contribution in [0.2, 0.25) is 0 Å². The summed E-state index contributed by atoms with van der Waals surface area (Å²) >= 11 is 0. The van der Waals surface area contributed by atoms with Crippen molar-refractivity contribution >= 4 is 17.8 Å². The minimum atomic E-state index is -1.28. The zero-order chi connectivity index (χ0) is 14.5. The molecule has 0 aliphatic heterocycles. The summed E-state index contributed by atoms with van der Waals surface area (Å²) in [5.74, 6) is -2.42. The SMILES string of the molecule is NCC1(C(=O)NC(CC(N)=O)C(=O)O)CCCCC1. The molecule has 0 aromatic rings. The van der Waals surface area contributed by atoms with E-state index in [1.54, 1.807) is 0 Å². The Morgan fingerprint density at radius 3 is 2.21 bits per heavy atom. The predicted octanol–water partition coefficient (Wildman–Crippen LogP) is -0.660. The Hall–Kier alpha value is -1.63. The summed E-state index contributed by atoms with van der Waals surface area (Å²) in [6, 6.07) is -1.28. The number of hydrogen-bond donors (Lipinski definition) is 4. The minimum Gasteiger partial charge on any atom is -0.480 e. The monoisotopic (exact) mass is 271 g/mol. The maximum absolute atomic E-state index is 12.2. The standard InChI is InChI=1S/C12H21N3O4/c13-7-12(4-2-1-3-5-12)11(19)15-8(10(17)18)6-9(14)16/h8H,1-7,13H2,(H2,14,16)(H,15,19)(H,17,18). The Labute approximate surface area is 111 Å². The number of primary amides is 1. The van der Waals surface area contributed by atoms with Gasteiger partial charge in [0.15, 0.2) is 0 Å². The molecular weight excluding hydrogens is 250 g/mol. The van der Waals surface area contributed by atoms with E-state index < -0.39 is 29.8 Å². The summed E-state index contributed by atoms with van der Waals surface area (Å²) in [6.07, 6.45) is 3.74. The first kappa shape index (κ1) is 15.4. The molecule has 1 saturated carbocycles. The highest BCUT2D eigenvalue weighted by atomic mass is 16.4. The normalized spacial score (nSPS) is 19.4. The van der Waals surface area contributed by atoms with E-state index in [4.69, 9.17) is 16.6 Å². The first-order chi connectivity index (χ1) is 8.91. The third-order valence-electron chi connectivity index (χ3n) is 3.69. The second kappa shape index (κ2) is 6.51. The second-order valence-electron chi connectivity index (χ2n) is 5.08. The highest BCUT2D eigenvalue weighted by molar-refractivity contribution is 5.90. The average Bonchev–Trinajstić information content (AvgIpc) is 2.38.